The average molecular weight is 352 g/mol. The van der Waals surface area contributed by atoms with Gasteiger partial charge in [-0.15, -0.1) is 0 Å². The van der Waals surface area contributed by atoms with Crippen molar-refractivity contribution in [3.8, 4) is 0 Å². The number of imidazole rings is 1. The Hall–Kier alpha value is -2.99. The molecule has 1 amide bonds. The van der Waals surface area contributed by atoms with Gasteiger partial charge in [0.1, 0.15) is 11.6 Å². The molecule has 6 heteroatoms. The number of nitrogens with zero attached hydrogens (tertiary/aromatic N) is 2. The third-order valence-electron chi connectivity index (χ3n) is 4.12. The van der Waals surface area contributed by atoms with Crippen LogP contribution in [0.1, 0.15) is 29.9 Å². The van der Waals surface area contributed by atoms with Crippen LogP contribution in [0.2, 0.25) is 0 Å². The van der Waals surface area contributed by atoms with Gasteiger partial charge in [-0.3, -0.25) is 10.1 Å². The number of hydrogen-bond donors (Lipinski definition) is 2. The minimum Gasteiger partial charge on any atom is -0.336 e. The molecule has 2 aromatic carbocycles. The second-order valence-corrected chi connectivity index (χ2v) is 6.11. The van der Waals surface area contributed by atoms with Gasteiger partial charge in [0.2, 0.25) is 5.91 Å². The molecule has 134 valence electrons. The van der Waals surface area contributed by atoms with Crippen LogP contribution in [-0.4, -0.2) is 15.5 Å². The molecule has 0 saturated heterocycles. The Labute approximate surface area is 151 Å². The van der Waals surface area contributed by atoms with E-state index in [9.17, 15) is 9.18 Å². The maximum absolute atomic E-state index is 14.3. The lowest BCUT2D eigenvalue weighted by molar-refractivity contribution is -0.114. The molecule has 0 aliphatic heterocycles. The first-order valence-electron chi connectivity index (χ1n) is 8.36. The molecule has 3 rings (SSSR count). The standard InChI is InChI=1S/C20H21FN4O/c1-14(26)24-16-9-7-15(8-10-16)13-23-19(20-22-11-12-25(20)2)17-5-3-4-6-18(17)21/h3-12,19,23H,13H2,1-2H3,(H,24,26). The molecule has 3 aromatic rings. The van der Waals surface area contributed by atoms with Crippen LogP contribution in [-0.2, 0) is 18.4 Å². The molecular weight excluding hydrogens is 331 g/mol. The Morgan fingerprint density at radius 2 is 1.92 bits per heavy atom. The van der Waals surface area contributed by atoms with E-state index in [-0.39, 0.29) is 17.8 Å². The van der Waals surface area contributed by atoms with Gasteiger partial charge >= 0.3 is 0 Å². The number of hydrogen-bond acceptors (Lipinski definition) is 3. The Morgan fingerprint density at radius 3 is 2.54 bits per heavy atom. The zero-order valence-electron chi connectivity index (χ0n) is 14.7. The molecule has 0 spiro atoms. The summed E-state index contributed by atoms with van der Waals surface area (Å²) in [5, 5.41) is 6.12. The minimum absolute atomic E-state index is 0.106. The molecule has 2 N–H and O–H groups in total. The van der Waals surface area contributed by atoms with Crippen LogP contribution < -0.4 is 10.6 Å². The Kier molecular flexibility index (Phi) is 5.43. The molecule has 5 nitrogen and oxygen atoms in total. The van der Waals surface area contributed by atoms with Gasteiger partial charge in [-0.25, -0.2) is 9.37 Å². The quantitative estimate of drug-likeness (QED) is 0.715. The minimum atomic E-state index is -0.369. The first-order valence-corrected chi connectivity index (χ1v) is 8.36. The monoisotopic (exact) mass is 352 g/mol. The highest BCUT2D eigenvalue weighted by Gasteiger charge is 2.20. The zero-order valence-corrected chi connectivity index (χ0v) is 14.7. The Balaban J connectivity index is 1.80. The lowest BCUT2D eigenvalue weighted by Crippen LogP contribution is -2.25. The highest BCUT2D eigenvalue weighted by molar-refractivity contribution is 5.88. The summed E-state index contributed by atoms with van der Waals surface area (Å²) in [7, 11) is 1.89. The third-order valence-corrected chi connectivity index (χ3v) is 4.12. The van der Waals surface area contributed by atoms with Crippen molar-refractivity contribution in [3.63, 3.8) is 0 Å². The van der Waals surface area contributed by atoms with Crippen molar-refractivity contribution in [1.29, 1.82) is 0 Å². The lowest BCUT2D eigenvalue weighted by atomic mass is 10.0. The number of carbonyl (C=O) groups excluding carboxylic acids is 1. The molecule has 0 bridgehead atoms. The summed E-state index contributed by atoms with van der Waals surface area (Å²) >= 11 is 0. The number of anilines is 1. The maximum Gasteiger partial charge on any atom is 0.221 e. The van der Waals surface area contributed by atoms with Crippen LogP contribution in [0.3, 0.4) is 0 Å². The predicted molar refractivity (Wildman–Crippen MR) is 99.0 cm³/mol. The Bertz CT molecular complexity index is 889. The highest BCUT2D eigenvalue weighted by atomic mass is 19.1. The van der Waals surface area contributed by atoms with Crippen molar-refractivity contribution in [2.24, 2.45) is 7.05 Å². The van der Waals surface area contributed by atoms with E-state index in [2.05, 4.69) is 15.6 Å². The fourth-order valence-electron chi connectivity index (χ4n) is 2.83. The number of amides is 1. The molecule has 1 unspecified atom stereocenters. The molecule has 1 aromatic heterocycles. The molecule has 0 radical (unpaired) electrons. The maximum atomic E-state index is 14.3. The van der Waals surface area contributed by atoms with Crippen molar-refractivity contribution >= 4 is 11.6 Å². The summed E-state index contributed by atoms with van der Waals surface area (Å²) in [5.41, 5.74) is 2.32. The summed E-state index contributed by atoms with van der Waals surface area (Å²) < 4.78 is 16.2. The van der Waals surface area contributed by atoms with Crippen LogP contribution >= 0.6 is 0 Å². The number of aromatic nitrogens is 2. The fraction of sp³-hybridized carbons (Fsp3) is 0.200. The van der Waals surface area contributed by atoms with Crippen molar-refractivity contribution in [3.05, 3.63) is 83.7 Å². The number of rotatable bonds is 6. The summed E-state index contributed by atoms with van der Waals surface area (Å²) in [4.78, 5) is 15.5. The van der Waals surface area contributed by atoms with E-state index in [1.807, 2.05) is 48.1 Å². The number of halogens is 1. The molecule has 1 heterocycles. The topological polar surface area (TPSA) is 59.0 Å². The van der Waals surface area contributed by atoms with Gasteiger partial charge in [0.15, 0.2) is 0 Å². The average Bonchev–Trinajstić information content (AvgIpc) is 3.03. The second kappa shape index (κ2) is 7.93. The number of carbonyl (C=O) groups is 1. The van der Waals surface area contributed by atoms with Crippen molar-refractivity contribution in [2.45, 2.75) is 19.5 Å². The molecule has 1 atom stereocenters. The summed E-state index contributed by atoms with van der Waals surface area (Å²) in [5.74, 6) is 0.365. The smallest absolute Gasteiger partial charge is 0.221 e. The second-order valence-electron chi connectivity index (χ2n) is 6.11. The van der Waals surface area contributed by atoms with Gasteiger partial charge in [-0.1, -0.05) is 30.3 Å². The number of aryl methyl sites for hydroxylation is 1. The van der Waals surface area contributed by atoms with Gasteiger partial charge in [0, 0.05) is 44.2 Å². The van der Waals surface area contributed by atoms with Crippen LogP contribution in [0, 0.1) is 5.82 Å². The highest BCUT2D eigenvalue weighted by Crippen LogP contribution is 2.23. The van der Waals surface area contributed by atoms with E-state index >= 15 is 0 Å². The SMILES string of the molecule is CC(=O)Nc1ccc(CNC(c2ccccc2F)c2nccn2C)cc1. The fourth-order valence-corrected chi connectivity index (χ4v) is 2.83. The molecule has 0 aliphatic carbocycles. The van der Waals surface area contributed by atoms with Gasteiger partial charge in [0.05, 0.1) is 6.04 Å². The molecule has 0 saturated carbocycles. The zero-order chi connectivity index (χ0) is 18.5. The van der Waals surface area contributed by atoms with E-state index < -0.39 is 0 Å². The van der Waals surface area contributed by atoms with E-state index in [1.54, 1.807) is 18.3 Å². The summed E-state index contributed by atoms with van der Waals surface area (Å²) in [6.45, 7) is 2.01. The molecule has 0 aliphatic rings. The first kappa shape index (κ1) is 17.8. The van der Waals surface area contributed by atoms with E-state index in [1.165, 1.54) is 13.0 Å². The van der Waals surface area contributed by atoms with Gasteiger partial charge in [-0.05, 0) is 23.8 Å². The molecular formula is C20H21FN4O. The largest absolute Gasteiger partial charge is 0.336 e. The summed E-state index contributed by atoms with van der Waals surface area (Å²) in [6, 6.07) is 13.9. The van der Waals surface area contributed by atoms with Gasteiger partial charge in [-0.2, -0.15) is 0 Å². The van der Waals surface area contributed by atoms with Crippen LogP contribution in [0.4, 0.5) is 10.1 Å². The van der Waals surface area contributed by atoms with E-state index in [4.69, 9.17) is 0 Å². The van der Waals surface area contributed by atoms with Crippen LogP contribution in [0.25, 0.3) is 0 Å². The van der Waals surface area contributed by atoms with Crippen LogP contribution in [0.15, 0.2) is 60.9 Å². The van der Waals surface area contributed by atoms with Crippen molar-refractivity contribution < 1.29 is 9.18 Å². The molecule has 0 fully saturated rings. The lowest BCUT2D eigenvalue weighted by Gasteiger charge is -2.20. The van der Waals surface area contributed by atoms with E-state index in [0.717, 1.165) is 17.1 Å². The normalized spacial score (nSPS) is 12.0. The molecule has 26 heavy (non-hydrogen) atoms. The van der Waals surface area contributed by atoms with E-state index in [0.29, 0.717) is 12.1 Å². The van der Waals surface area contributed by atoms with Gasteiger partial charge < -0.3 is 9.88 Å². The van der Waals surface area contributed by atoms with Crippen molar-refractivity contribution in [2.75, 3.05) is 5.32 Å². The van der Waals surface area contributed by atoms with Crippen LogP contribution in [0.5, 0.6) is 0 Å². The Morgan fingerprint density at radius 1 is 1.19 bits per heavy atom. The number of benzene rings is 2. The first-order chi connectivity index (χ1) is 12.5. The number of nitrogens with one attached hydrogen (secondary N) is 2. The van der Waals surface area contributed by atoms with Gasteiger partial charge in [0.25, 0.3) is 0 Å². The summed E-state index contributed by atoms with van der Waals surface area (Å²) in [6.07, 6.45) is 3.54. The predicted octanol–water partition coefficient (Wildman–Crippen LogP) is 3.40. The van der Waals surface area contributed by atoms with Crippen molar-refractivity contribution in [1.82, 2.24) is 14.9 Å². The third kappa shape index (κ3) is 4.15.